The van der Waals surface area contributed by atoms with E-state index in [1.807, 2.05) is 30.3 Å². The van der Waals surface area contributed by atoms with Crippen LogP contribution in [0.3, 0.4) is 0 Å². The molecule has 1 aromatic carbocycles. The molecule has 1 rings (SSSR count). The lowest BCUT2D eigenvalue weighted by atomic mass is 10.2. The predicted molar refractivity (Wildman–Crippen MR) is 85.4 cm³/mol. The molecule has 112 valence electrons. The second kappa shape index (κ2) is 11.1. The van der Waals surface area contributed by atoms with E-state index in [1.165, 1.54) is 19.3 Å². The summed E-state index contributed by atoms with van der Waals surface area (Å²) in [4.78, 5) is 4.20. The standard InChI is InChI=1S/C16H27N3O/c1-3-4-8-12-18-16(17-2)19-13-9-14-20-15-10-6-5-7-11-15/h5-7,10-11H,3-4,8-9,12-14H2,1-2H3,(H2,17,18,19). The number of guanidine groups is 1. The molecule has 2 N–H and O–H groups in total. The van der Waals surface area contributed by atoms with Gasteiger partial charge in [0.05, 0.1) is 6.61 Å². The molecule has 0 aliphatic heterocycles. The normalized spacial score (nSPS) is 11.2. The van der Waals surface area contributed by atoms with Gasteiger partial charge in [0.15, 0.2) is 5.96 Å². The third-order valence-corrected chi connectivity index (χ3v) is 2.92. The Balaban J connectivity index is 2.04. The Kier molecular flexibility index (Phi) is 9.11. The molecule has 0 spiro atoms. The van der Waals surface area contributed by atoms with Crippen LogP contribution in [0.1, 0.15) is 32.6 Å². The fourth-order valence-corrected chi connectivity index (χ4v) is 1.79. The SMILES string of the molecule is CCCCCNC(=NC)NCCCOc1ccccc1. The van der Waals surface area contributed by atoms with Crippen molar-refractivity contribution in [3.8, 4) is 5.75 Å². The van der Waals surface area contributed by atoms with Gasteiger partial charge in [0.1, 0.15) is 5.75 Å². The molecular weight excluding hydrogens is 250 g/mol. The lowest BCUT2D eigenvalue weighted by Gasteiger charge is -2.12. The molecule has 0 radical (unpaired) electrons. The highest BCUT2D eigenvalue weighted by Gasteiger charge is 1.97. The van der Waals surface area contributed by atoms with Crippen molar-refractivity contribution in [3.63, 3.8) is 0 Å². The number of benzene rings is 1. The molecule has 20 heavy (non-hydrogen) atoms. The first kappa shape index (κ1) is 16.3. The van der Waals surface area contributed by atoms with Gasteiger partial charge in [-0.3, -0.25) is 4.99 Å². The van der Waals surface area contributed by atoms with Crippen LogP contribution in [0.2, 0.25) is 0 Å². The van der Waals surface area contributed by atoms with Crippen molar-refractivity contribution in [2.45, 2.75) is 32.6 Å². The van der Waals surface area contributed by atoms with Crippen LogP contribution in [-0.4, -0.2) is 32.7 Å². The van der Waals surface area contributed by atoms with Crippen LogP contribution in [0, 0.1) is 0 Å². The average Bonchev–Trinajstić information content (AvgIpc) is 2.50. The molecule has 0 aliphatic rings. The topological polar surface area (TPSA) is 45.7 Å². The van der Waals surface area contributed by atoms with Crippen LogP contribution in [0.25, 0.3) is 0 Å². The second-order valence-corrected chi connectivity index (χ2v) is 4.65. The van der Waals surface area contributed by atoms with E-state index < -0.39 is 0 Å². The van der Waals surface area contributed by atoms with E-state index in [4.69, 9.17) is 4.74 Å². The molecular formula is C16H27N3O. The Morgan fingerprint density at radius 3 is 2.40 bits per heavy atom. The Morgan fingerprint density at radius 2 is 1.75 bits per heavy atom. The van der Waals surface area contributed by atoms with Crippen molar-refractivity contribution in [2.24, 2.45) is 4.99 Å². The molecule has 0 aromatic heterocycles. The minimum Gasteiger partial charge on any atom is -0.494 e. The summed E-state index contributed by atoms with van der Waals surface area (Å²) in [6, 6.07) is 9.90. The summed E-state index contributed by atoms with van der Waals surface area (Å²) in [7, 11) is 1.80. The van der Waals surface area contributed by atoms with Crippen molar-refractivity contribution in [3.05, 3.63) is 30.3 Å². The zero-order chi connectivity index (χ0) is 14.5. The van der Waals surface area contributed by atoms with Crippen LogP contribution >= 0.6 is 0 Å². The third kappa shape index (κ3) is 7.67. The van der Waals surface area contributed by atoms with Crippen LogP contribution in [-0.2, 0) is 0 Å². The number of ether oxygens (including phenoxy) is 1. The number of rotatable bonds is 9. The highest BCUT2D eigenvalue weighted by molar-refractivity contribution is 5.79. The molecule has 0 atom stereocenters. The monoisotopic (exact) mass is 277 g/mol. The van der Waals surface area contributed by atoms with Crippen molar-refractivity contribution in [2.75, 3.05) is 26.7 Å². The van der Waals surface area contributed by atoms with Gasteiger partial charge in [-0.15, -0.1) is 0 Å². The number of unbranched alkanes of at least 4 members (excludes halogenated alkanes) is 2. The minimum absolute atomic E-state index is 0.712. The first-order chi connectivity index (χ1) is 9.86. The van der Waals surface area contributed by atoms with Crippen LogP contribution in [0.5, 0.6) is 5.75 Å². The van der Waals surface area contributed by atoms with Gasteiger partial charge in [-0.25, -0.2) is 0 Å². The summed E-state index contributed by atoms with van der Waals surface area (Å²) in [6.07, 6.45) is 4.64. The maximum absolute atomic E-state index is 5.63. The van der Waals surface area contributed by atoms with Gasteiger partial charge in [-0.1, -0.05) is 38.0 Å². The first-order valence-electron chi connectivity index (χ1n) is 7.49. The summed E-state index contributed by atoms with van der Waals surface area (Å²) < 4.78 is 5.63. The Morgan fingerprint density at radius 1 is 1.05 bits per heavy atom. The maximum atomic E-state index is 5.63. The fourth-order valence-electron chi connectivity index (χ4n) is 1.79. The lowest BCUT2D eigenvalue weighted by Crippen LogP contribution is -2.38. The Bertz CT molecular complexity index is 365. The first-order valence-corrected chi connectivity index (χ1v) is 7.49. The van der Waals surface area contributed by atoms with Gasteiger partial charge in [-0.05, 0) is 25.0 Å². The molecule has 4 heteroatoms. The van der Waals surface area contributed by atoms with E-state index in [-0.39, 0.29) is 0 Å². The quantitative estimate of drug-likeness (QED) is 0.414. The molecule has 0 saturated heterocycles. The largest absolute Gasteiger partial charge is 0.494 e. The van der Waals surface area contributed by atoms with Gasteiger partial charge < -0.3 is 15.4 Å². The molecule has 4 nitrogen and oxygen atoms in total. The van der Waals surface area contributed by atoms with Crippen LogP contribution < -0.4 is 15.4 Å². The molecule has 0 saturated carbocycles. The van der Waals surface area contributed by atoms with Gasteiger partial charge in [-0.2, -0.15) is 0 Å². The van der Waals surface area contributed by atoms with Crippen LogP contribution in [0.15, 0.2) is 35.3 Å². The summed E-state index contributed by atoms with van der Waals surface area (Å²) in [5.74, 6) is 1.80. The number of aliphatic imine (C=N–C) groups is 1. The zero-order valence-corrected chi connectivity index (χ0v) is 12.7. The summed E-state index contributed by atoms with van der Waals surface area (Å²) in [5.41, 5.74) is 0. The van der Waals surface area contributed by atoms with E-state index >= 15 is 0 Å². The zero-order valence-electron chi connectivity index (χ0n) is 12.7. The highest BCUT2D eigenvalue weighted by Crippen LogP contribution is 2.07. The molecule has 0 bridgehead atoms. The Hall–Kier alpha value is -1.71. The molecule has 0 heterocycles. The second-order valence-electron chi connectivity index (χ2n) is 4.65. The van der Waals surface area contributed by atoms with Gasteiger partial charge in [0.25, 0.3) is 0 Å². The fraction of sp³-hybridized carbons (Fsp3) is 0.562. The van der Waals surface area contributed by atoms with E-state index in [9.17, 15) is 0 Å². The highest BCUT2D eigenvalue weighted by atomic mass is 16.5. The van der Waals surface area contributed by atoms with E-state index in [0.29, 0.717) is 6.61 Å². The van der Waals surface area contributed by atoms with Crippen molar-refractivity contribution in [1.82, 2.24) is 10.6 Å². The summed E-state index contributed by atoms with van der Waals surface area (Å²) in [5, 5.41) is 6.60. The van der Waals surface area contributed by atoms with Crippen molar-refractivity contribution < 1.29 is 4.74 Å². The third-order valence-electron chi connectivity index (χ3n) is 2.92. The maximum Gasteiger partial charge on any atom is 0.190 e. The molecule has 0 unspecified atom stereocenters. The number of para-hydroxylation sites is 1. The molecule has 0 amide bonds. The number of nitrogens with zero attached hydrogens (tertiary/aromatic N) is 1. The van der Waals surface area contributed by atoms with Crippen LogP contribution in [0.4, 0.5) is 0 Å². The summed E-state index contributed by atoms with van der Waals surface area (Å²) >= 11 is 0. The average molecular weight is 277 g/mol. The molecule has 0 aliphatic carbocycles. The van der Waals surface area contributed by atoms with Gasteiger partial charge >= 0.3 is 0 Å². The smallest absolute Gasteiger partial charge is 0.190 e. The molecule has 1 aromatic rings. The van der Waals surface area contributed by atoms with Crippen molar-refractivity contribution in [1.29, 1.82) is 0 Å². The van der Waals surface area contributed by atoms with E-state index in [2.05, 4.69) is 22.5 Å². The molecule has 0 fully saturated rings. The predicted octanol–water partition coefficient (Wildman–Crippen LogP) is 2.81. The lowest BCUT2D eigenvalue weighted by molar-refractivity contribution is 0.311. The number of hydrogen-bond donors (Lipinski definition) is 2. The van der Waals surface area contributed by atoms with Crippen molar-refractivity contribution >= 4 is 5.96 Å². The summed E-state index contributed by atoms with van der Waals surface area (Å²) in [6.45, 7) is 4.76. The van der Waals surface area contributed by atoms with E-state index in [0.717, 1.165) is 31.2 Å². The minimum atomic E-state index is 0.712. The van der Waals surface area contributed by atoms with Gasteiger partial charge in [0.2, 0.25) is 0 Å². The van der Waals surface area contributed by atoms with Gasteiger partial charge in [0, 0.05) is 20.1 Å². The van der Waals surface area contributed by atoms with E-state index in [1.54, 1.807) is 7.05 Å². The number of nitrogens with one attached hydrogen (secondary N) is 2. The number of hydrogen-bond acceptors (Lipinski definition) is 2. The Labute approximate surface area is 122 Å².